The number of carboxylic acid groups (broad SMARTS) is 1. The Morgan fingerprint density at radius 1 is 1.50 bits per heavy atom. The smallest absolute Gasteiger partial charge is 0.417 e. The zero-order chi connectivity index (χ0) is 15.7. The van der Waals surface area contributed by atoms with Crippen molar-refractivity contribution in [3.05, 3.63) is 32.7 Å². The molecule has 0 aliphatic heterocycles. The number of aromatic nitrogens is 1. The third kappa shape index (κ3) is 3.41. The number of pyridine rings is 1. The van der Waals surface area contributed by atoms with Crippen molar-refractivity contribution >= 4 is 21.9 Å². The maximum Gasteiger partial charge on any atom is 0.417 e. The number of nitrogens with zero attached hydrogens (tertiary/aromatic N) is 1. The minimum Gasteiger partial charge on any atom is -0.480 e. The second kappa shape index (κ2) is 5.99. The second-order valence-electron chi connectivity index (χ2n) is 4.45. The van der Waals surface area contributed by atoms with Gasteiger partial charge in [-0.05, 0) is 21.8 Å². The van der Waals surface area contributed by atoms with Crippen molar-refractivity contribution in [2.24, 2.45) is 5.92 Å². The number of alkyl halides is 3. The van der Waals surface area contributed by atoms with Gasteiger partial charge in [0.1, 0.15) is 6.04 Å². The molecule has 20 heavy (non-hydrogen) atoms. The van der Waals surface area contributed by atoms with Gasteiger partial charge in [0.05, 0.1) is 5.56 Å². The molecule has 0 radical (unpaired) electrons. The Morgan fingerprint density at radius 2 is 2.05 bits per heavy atom. The predicted octanol–water partition coefficient (Wildman–Crippen LogP) is 3.30. The van der Waals surface area contributed by atoms with E-state index in [1.165, 1.54) is 0 Å². The first-order valence-electron chi connectivity index (χ1n) is 5.81. The van der Waals surface area contributed by atoms with E-state index in [0.29, 0.717) is 12.5 Å². The molecule has 1 aromatic rings. The van der Waals surface area contributed by atoms with E-state index in [1.807, 2.05) is 0 Å². The molecule has 1 heterocycles. The van der Waals surface area contributed by atoms with Gasteiger partial charge in [-0.2, -0.15) is 13.2 Å². The number of carboxylic acids is 1. The normalized spacial score (nSPS) is 14.9. The van der Waals surface area contributed by atoms with Gasteiger partial charge in [0.25, 0.3) is 5.56 Å². The van der Waals surface area contributed by atoms with Gasteiger partial charge in [0, 0.05) is 16.7 Å². The Morgan fingerprint density at radius 3 is 2.45 bits per heavy atom. The molecule has 0 aromatic carbocycles. The first-order chi connectivity index (χ1) is 9.09. The highest BCUT2D eigenvalue weighted by Gasteiger charge is 2.35. The lowest BCUT2D eigenvalue weighted by molar-refractivity contribution is -0.142. The highest BCUT2D eigenvalue weighted by molar-refractivity contribution is 9.10. The molecular formula is C12H13BrF3NO3. The summed E-state index contributed by atoms with van der Waals surface area (Å²) >= 11 is 2.73. The van der Waals surface area contributed by atoms with Crippen LogP contribution in [0, 0.1) is 5.92 Å². The van der Waals surface area contributed by atoms with E-state index in [1.54, 1.807) is 13.8 Å². The largest absolute Gasteiger partial charge is 0.480 e. The van der Waals surface area contributed by atoms with E-state index in [2.05, 4.69) is 15.9 Å². The number of rotatable bonds is 4. The van der Waals surface area contributed by atoms with Crippen molar-refractivity contribution < 1.29 is 23.1 Å². The molecule has 0 aliphatic rings. The molecule has 1 aromatic heterocycles. The SMILES string of the molecule is CCC(C)C(C(=O)O)n1cc(Br)c(C(F)(F)F)cc1=O. The lowest BCUT2D eigenvalue weighted by Gasteiger charge is -2.22. The zero-order valence-corrected chi connectivity index (χ0v) is 12.3. The van der Waals surface area contributed by atoms with Crippen LogP contribution in [0.1, 0.15) is 31.9 Å². The standard InChI is InChI=1S/C12H13BrF3NO3/c1-3-6(2)10(11(19)20)17-5-8(13)7(4-9(17)18)12(14,15)16/h4-6,10H,3H2,1-2H3,(H,19,20). The number of carbonyl (C=O) groups is 1. The lowest BCUT2D eigenvalue weighted by Crippen LogP contribution is -2.34. The molecule has 0 spiro atoms. The number of hydrogen-bond acceptors (Lipinski definition) is 2. The first kappa shape index (κ1) is 16.7. The fourth-order valence-electron chi connectivity index (χ4n) is 1.82. The van der Waals surface area contributed by atoms with Gasteiger partial charge in [-0.25, -0.2) is 4.79 Å². The Balaban J connectivity index is 3.44. The molecule has 2 atom stereocenters. The van der Waals surface area contributed by atoms with Crippen LogP contribution in [0.3, 0.4) is 0 Å². The van der Waals surface area contributed by atoms with Crippen LogP contribution in [0.5, 0.6) is 0 Å². The topological polar surface area (TPSA) is 59.3 Å². The van der Waals surface area contributed by atoms with Gasteiger partial charge in [0.15, 0.2) is 0 Å². The van der Waals surface area contributed by atoms with Crippen LogP contribution in [0.4, 0.5) is 13.2 Å². The fraction of sp³-hybridized carbons (Fsp3) is 0.500. The summed E-state index contributed by atoms with van der Waals surface area (Å²) in [7, 11) is 0. The summed E-state index contributed by atoms with van der Waals surface area (Å²) < 4.78 is 38.4. The van der Waals surface area contributed by atoms with E-state index < -0.39 is 35.2 Å². The van der Waals surface area contributed by atoms with E-state index in [9.17, 15) is 27.9 Å². The van der Waals surface area contributed by atoms with Gasteiger partial charge in [-0.3, -0.25) is 9.36 Å². The minimum absolute atomic E-state index is 0.362. The average molecular weight is 356 g/mol. The minimum atomic E-state index is -4.67. The first-order valence-corrected chi connectivity index (χ1v) is 6.60. The summed E-state index contributed by atoms with van der Waals surface area (Å²) in [5.74, 6) is -1.65. The highest BCUT2D eigenvalue weighted by Crippen LogP contribution is 2.34. The lowest BCUT2D eigenvalue weighted by atomic mass is 9.99. The van der Waals surface area contributed by atoms with Gasteiger partial charge in [-0.15, -0.1) is 0 Å². The summed E-state index contributed by atoms with van der Waals surface area (Å²) in [6.45, 7) is 3.36. The molecule has 112 valence electrons. The van der Waals surface area contributed by atoms with E-state index >= 15 is 0 Å². The Bertz CT molecular complexity index is 568. The summed E-state index contributed by atoms with van der Waals surface area (Å²) in [4.78, 5) is 23.0. The van der Waals surface area contributed by atoms with Crippen LogP contribution in [0.25, 0.3) is 0 Å². The highest BCUT2D eigenvalue weighted by atomic mass is 79.9. The maximum atomic E-state index is 12.7. The van der Waals surface area contributed by atoms with Crippen molar-refractivity contribution in [2.45, 2.75) is 32.5 Å². The molecule has 8 heteroatoms. The summed E-state index contributed by atoms with van der Waals surface area (Å²) in [5.41, 5.74) is -2.11. The summed E-state index contributed by atoms with van der Waals surface area (Å²) in [6, 6.07) is -0.798. The average Bonchev–Trinajstić information content (AvgIpc) is 2.31. The molecule has 0 saturated heterocycles. The molecule has 2 unspecified atom stereocenters. The van der Waals surface area contributed by atoms with Crippen LogP contribution in [0.2, 0.25) is 0 Å². The number of halogens is 4. The van der Waals surface area contributed by atoms with Gasteiger partial charge < -0.3 is 5.11 Å². The molecule has 0 aliphatic carbocycles. The monoisotopic (exact) mass is 355 g/mol. The summed E-state index contributed by atoms with van der Waals surface area (Å²) in [5, 5.41) is 9.18. The van der Waals surface area contributed by atoms with Crippen molar-refractivity contribution in [1.82, 2.24) is 4.57 Å². The summed E-state index contributed by atoms with van der Waals surface area (Å²) in [6.07, 6.45) is -3.32. The van der Waals surface area contributed by atoms with Gasteiger partial charge in [-0.1, -0.05) is 20.3 Å². The number of aliphatic carboxylic acids is 1. The Hall–Kier alpha value is -1.31. The van der Waals surface area contributed by atoms with Crippen LogP contribution in [-0.4, -0.2) is 15.6 Å². The van der Waals surface area contributed by atoms with Crippen LogP contribution >= 0.6 is 15.9 Å². The van der Waals surface area contributed by atoms with E-state index in [0.717, 1.165) is 10.8 Å². The predicted molar refractivity (Wildman–Crippen MR) is 69.5 cm³/mol. The third-order valence-corrected chi connectivity index (χ3v) is 3.70. The van der Waals surface area contributed by atoms with E-state index in [-0.39, 0.29) is 4.47 Å². The molecular weight excluding hydrogens is 343 g/mol. The third-order valence-electron chi connectivity index (χ3n) is 3.07. The molecule has 4 nitrogen and oxygen atoms in total. The van der Waals surface area contributed by atoms with Gasteiger partial charge in [0.2, 0.25) is 0 Å². The molecule has 0 amide bonds. The molecule has 0 fully saturated rings. The van der Waals surface area contributed by atoms with Gasteiger partial charge >= 0.3 is 12.1 Å². The quantitative estimate of drug-likeness (QED) is 0.901. The number of hydrogen-bond donors (Lipinski definition) is 1. The molecule has 1 rings (SSSR count). The van der Waals surface area contributed by atoms with Crippen molar-refractivity contribution in [3.63, 3.8) is 0 Å². The maximum absolute atomic E-state index is 12.7. The van der Waals surface area contributed by atoms with Crippen LogP contribution < -0.4 is 5.56 Å². The molecule has 0 saturated carbocycles. The van der Waals surface area contributed by atoms with Crippen molar-refractivity contribution in [3.8, 4) is 0 Å². The van der Waals surface area contributed by atoms with Crippen LogP contribution in [-0.2, 0) is 11.0 Å². The van der Waals surface area contributed by atoms with Crippen molar-refractivity contribution in [1.29, 1.82) is 0 Å². The Kier molecular flexibility index (Phi) is 5.01. The van der Waals surface area contributed by atoms with E-state index in [4.69, 9.17) is 0 Å². The Labute approximate surface area is 121 Å². The molecule has 1 N–H and O–H groups in total. The fourth-order valence-corrected chi connectivity index (χ4v) is 2.38. The van der Waals surface area contributed by atoms with Crippen LogP contribution in [0.15, 0.2) is 21.5 Å². The molecule has 0 bridgehead atoms. The van der Waals surface area contributed by atoms with Crippen molar-refractivity contribution in [2.75, 3.05) is 0 Å². The second-order valence-corrected chi connectivity index (χ2v) is 5.30. The zero-order valence-electron chi connectivity index (χ0n) is 10.7.